The monoisotopic (exact) mass is 1040 g/mol. The molecule has 0 radical (unpaired) electrons. The minimum absolute atomic E-state index is 0.0156. The summed E-state index contributed by atoms with van der Waals surface area (Å²) in [6.07, 6.45) is -1.20. The summed E-state index contributed by atoms with van der Waals surface area (Å²) in [7, 11) is -4.62. The van der Waals surface area contributed by atoms with Gasteiger partial charge in [0.25, 0.3) is 33.3 Å². The molecular weight excluding hydrogens is 989 g/mol. The van der Waals surface area contributed by atoms with Gasteiger partial charge in [0.1, 0.15) is 21.3 Å². The lowest BCUT2D eigenvalue weighted by Crippen LogP contribution is -2.63. The maximum absolute atomic E-state index is 13.9. The second kappa shape index (κ2) is 20.4. The summed E-state index contributed by atoms with van der Waals surface area (Å²) < 4.78 is 48.8. The van der Waals surface area contributed by atoms with Gasteiger partial charge in [0, 0.05) is 84.1 Å². The summed E-state index contributed by atoms with van der Waals surface area (Å²) in [5.74, 6) is -2.99. The fraction of sp³-hybridized carbons (Fsp3) is 0.265. The molecule has 73 heavy (non-hydrogen) atoms. The summed E-state index contributed by atoms with van der Waals surface area (Å²) in [5.41, 5.74) is -0.0801. The summed E-state index contributed by atoms with van der Waals surface area (Å²) in [4.78, 5) is 105. The highest BCUT2D eigenvalue weighted by Crippen LogP contribution is 2.50. The smallest absolute Gasteiger partial charge is 0.414 e. The van der Waals surface area contributed by atoms with E-state index in [4.69, 9.17) is 18.8 Å². The van der Waals surface area contributed by atoms with E-state index in [1.807, 2.05) is 20.0 Å². The molecule has 1 spiro atoms. The molecule has 380 valence electrons. The number of carbonyl (C=O) groups excluding carboxylic acids is 6. The second-order valence-corrected chi connectivity index (χ2v) is 23.6. The largest absolute Gasteiger partial charge is 0.444 e. The Labute approximate surface area is 418 Å². The summed E-state index contributed by atoms with van der Waals surface area (Å²) in [6, 6.07) is 21.8. The second-order valence-electron chi connectivity index (χ2n) is 17.7. The number of esters is 1. The number of benzene rings is 5. The molecular formula is C49H48N6O16SSi. The summed E-state index contributed by atoms with van der Waals surface area (Å²) >= 11 is 0. The first kappa shape index (κ1) is 52.5. The van der Waals surface area contributed by atoms with Crippen LogP contribution in [0, 0.1) is 20.2 Å². The van der Waals surface area contributed by atoms with Crippen molar-refractivity contribution in [3.05, 3.63) is 161 Å². The van der Waals surface area contributed by atoms with Crippen molar-refractivity contribution >= 4 is 87.1 Å². The number of hydrogen-bond donors (Lipinski definition) is 3. The van der Waals surface area contributed by atoms with E-state index in [1.54, 1.807) is 42.5 Å². The number of nitro benzene ring substituents is 2. The molecule has 0 bridgehead atoms. The van der Waals surface area contributed by atoms with Gasteiger partial charge in [-0.3, -0.25) is 49.0 Å². The fourth-order valence-electron chi connectivity index (χ4n) is 8.76. The van der Waals surface area contributed by atoms with Gasteiger partial charge in [-0.15, -0.1) is 0 Å². The van der Waals surface area contributed by atoms with Crippen LogP contribution in [0.15, 0.2) is 91.0 Å². The van der Waals surface area contributed by atoms with Gasteiger partial charge < -0.3 is 24.8 Å². The average molecular weight is 1040 g/mol. The quantitative estimate of drug-likeness (QED) is 0.0206. The molecule has 0 aliphatic carbocycles. The number of nitrogens with one attached hydrogen (secondary N) is 2. The molecule has 5 aromatic rings. The zero-order chi connectivity index (χ0) is 53.3. The van der Waals surface area contributed by atoms with Crippen LogP contribution in [0.2, 0.25) is 13.1 Å². The third kappa shape index (κ3) is 10.4. The van der Waals surface area contributed by atoms with Gasteiger partial charge >= 0.3 is 18.2 Å². The van der Waals surface area contributed by atoms with Crippen molar-refractivity contribution in [3.8, 4) is 0 Å². The highest BCUT2D eigenvalue weighted by atomic mass is 32.2. The predicted octanol–water partition coefficient (Wildman–Crippen LogP) is 5.61. The zero-order valence-corrected chi connectivity index (χ0v) is 42.0. The maximum atomic E-state index is 13.9. The molecule has 3 N–H and O–H groups in total. The molecule has 4 amide bonds. The SMILES string of the molecule is CCCNC(=O)c1ccc([N+](=O)[O-])c(COC(=O)N(C)c2ccc3c(c2)[Si](C)(C)c2cc(N(C)C(=O)OCc4cc(C(=O)NCCS(=O)(=O)O)ccc4[N+](=O)[O-])ccc2C32OC(=O)c3ccc(C(C)=O)cc32)c1. The lowest BCUT2D eigenvalue weighted by Gasteiger charge is -2.44. The number of rotatable bonds is 16. The highest BCUT2D eigenvalue weighted by molar-refractivity contribution is 7.85. The molecule has 1 unspecified atom stereocenters. The first-order valence-electron chi connectivity index (χ1n) is 22.5. The van der Waals surface area contributed by atoms with Gasteiger partial charge in [-0.1, -0.05) is 38.2 Å². The van der Waals surface area contributed by atoms with Crippen molar-refractivity contribution in [1.82, 2.24) is 10.6 Å². The van der Waals surface area contributed by atoms with Crippen LogP contribution in [0.25, 0.3) is 0 Å². The van der Waals surface area contributed by atoms with Gasteiger partial charge in [0.05, 0.1) is 32.3 Å². The Kier molecular flexibility index (Phi) is 14.7. The average Bonchev–Trinajstić information content (AvgIpc) is 3.65. The topological polar surface area (TPSA) is 301 Å². The lowest BCUT2D eigenvalue weighted by atomic mass is 9.78. The number of Topliss-reactive ketones (excluding diaryl/α,β-unsaturated/α-hetero) is 1. The fourth-order valence-corrected chi connectivity index (χ4v) is 12.3. The Morgan fingerprint density at radius 1 is 0.699 bits per heavy atom. The lowest BCUT2D eigenvalue weighted by molar-refractivity contribution is -0.386. The Morgan fingerprint density at radius 2 is 1.16 bits per heavy atom. The van der Waals surface area contributed by atoms with Crippen LogP contribution < -0.4 is 30.8 Å². The molecule has 0 fully saturated rings. The number of hydrogen-bond acceptors (Lipinski definition) is 15. The van der Waals surface area contributed by atoms with Crippen molar-refractivity contribution < 1.29 is 65.8 Å². The van der Waals surface area contributed by atoms with Crippen LogP contribution in [0.3, 0.4) is 0 Å². The van der Waals surface area contributed by atoms with E-state index < -0.39 is 94.8 Å². The minimum Gasteiger partial charge on any atom is -0.444 e. The first-order chi connectivity index (χ1) is 34.4. The molecule has 7 rings (SSSR count). The van der Waals surface area contributed by atoms with Crippen LogP contribution in [-0.2, 0) is 43.1 Å². The predicted molar refractivity (Wildman–Crippen MR) is 266 cm³/mol. The molecule has 2 aliphatic rings. The van der Waals surface area contributed by atoms with E-state index in [0.717, 1.165) is 23.1 Å². The highest BCUT2D eigenvalue weighted by Gasteiger charge is 2.56. The number of carbonyl (C=O) groups is 6. The molecule has 0 saturated carbocycles. The van der Waals surface area contributed by atoms with E-state index in [2.05, 4.69) is 10.6 Å². The number of ketones is 1. The summed E-state index contributed by atoms with van der Waals surface area (Å²) in [5, 5.41) is 30.2. The Bertz CT molecular complexity index is 3290. The third-order valence-corrected chi connectivity index (χ3v) is 16.9. The van der Waals surface area contributed by atoms with Gasteiger partial charge in [-0.25, -0.2) is 14.4 Å². The first-order valence-corrected chi connectivity index (χ1v) is 27.1. The molecule has 0 aromatic heterocycles. The van der Waals surface area contributed by atoms with Crippen LogP contribution in [-0.4, -0.2) is 99.6 Å². The molecule has 2 aliphatic heterocycles. The van der Waals surface area contributed by atoms with Crippen LogP contribution in [0.5, 0.6) is 0 Å². The number of amides is 4. The van der Waals surface area contributed by atoms with Crippen LogP contribution in [0.4, 0.5) is 32.3 Å². The molecule has 1 atom stereocenters. The van der Waals surface area contributed by atoms with Gasteiger partial charge in [0.15, 0.2) is 11.4 Å². The Hall–Kier alpha value is -8.35. The van der Waals surface area contributed by atoms with E-state index >= 15 is 0 Å². The number of nitrogens with zero attached hydrogens (tertiary/aromatic N) is 4. The number of ether oxygens (including phenoxy) is 3. The maximum Gasteiger partial charge on any atom is 0.414 e. The molecule has 2 heterocycles. The standard InChI is InChI=1S/C49H48N6O16SSi/c1-7-18-50-44(57)30-9-16-40(54(62)63)32(21-30)26-69-47(60)52(3)34-11-14-37-42(24-34)73(5,6)43-25-35(12-15-38(43)49(37)39-23-29(28(2)56)8-13-36(39)46(59)71-49)53(4)48(61)70-27-33-22-31(10-17-41(33)55(64)65)45(58)51-19-20-72(66,67)68/h8-17,21-25H,7,18-20,26-27H2,1-6H3,(H,50,57)(H,51,58)(H,66,67,68). The van der Waals surface area contributed by atoms with Crippen LogP contribution in [0.1, 0.15) is 89.5 Å². The van der Waals surface area contributed by atoms with E-state index in [0.29, 0.717) is 51.3 Å². The summed E-state index contributed by atoms with van der Waals surface area (Å²) in [6.45, 7) is 5.96. The van der Waals surface area contributed by atoms with Crippen molar-refractivity contribution in [2.45, 2.75) is 52.2 Å². The Morgan fingerprint density at radius 3 is 1.60 bits per heavy atom. The normalized spacial score (nSPS) is 14.9. The van der Waals surface area contributed by atoms with Crippen LogP contribution >= 0.6 is 0 Å². The van der Waals surface area contributed by atoms with E-state index in [1.165, 1.54) is 56.3 Å². The van der Waals surface area contributed by atoms with Gasteiger partial charge in [-0.2, -0.15) is 8.42 Å². The zero-order valence-electron chi connectivity index (χ0n) is 40.2. The molecule has 22 nitrogen and oxygen atoms in total. The van der Waals surface area contributed by atoms with E-state index in [-0.39, 0.29) is 45.0 Å². The van der Waals surface area contributed by atoms with Crippen molar-refractivity contribution in [1.29, 1.82) is 0 Å². The number of nitro groups is 2. The molecule has 24 heteroatoms. The van der Waals surface area contributed by atoms with Crippen molar-refractivity contribution in [3.63, 3.8) is 0 Å². The number of anilines is 2. The van der Waals surface area contributed by atoms with E-state index in [9.17, 15) is 57.4 Å². The Balaban J connectivity index is 1.23. The van der Waals surface area contributed by atoms with Crippen molar-refractivity contribution in [2.24, 2.45) is 0 Å². The van der Waals surface area contributed by atoms with Gasteiger partial charge in [-0.05, 0) is 84.4 Å². The third-order valence-electron chi connectivity index (χ3n) is 12.7. The van der Waals surface area contributed by atoms with Gasteiger partial charge in [0.2, 0.25) is 0 Å². The molecule has 0 saturated heterocycles. The minimum atomic E-state index is -4.39. The number of fused-ring (bicyclic) bond motifs is 6. The molecule has 5 aromatic carbocycles. The van der Waals surface area contributed by atoms with Crippen molar-refractivity contribution in [2.75, 3.05) is 42.7 Å².